The molecule has 1 aliphatic rings. The molecule has 1 aromatic carbocycles. The zero-order chi connectivity index (χ0) is 11.5. The monoisotopic (exact) mass is 259 g/mol. The molecule has 0 fully saturated rings. The molecular formula is C12H18ClNO3. The van der Waals surface area contributed by atoms with Crippen molar-refractivity contribution in [3.63, 3.8) is 0 Å². The summed E-state index contributed by atoms with van der Waals surface area (Å²) in [5, 5.41) is 3.21. The van der Waals surface area contributed by atoms with E-state index >= 15 is 0 Å². The van der Waals surface area contributed by atoms with Gasteiger partial charge >= 0.3 is 0 Å². The predicted octanol–water partition coefficient (Wildman–Crippen LogP) is 2.00. The van der Waals surface area contributed by atoms with Crippen LogP contribution in [0.5, 0.6) is 17.2 Å². The summed E-state index contributed by atoms with van der Waals surface area (Å²) in [6, 6.07) is 4.44. The molecule has 96 valence electrons. The molecule has 0 aliphatic carbocycles. The third kappa shape index (κ3) is 2.96. The molecule has 17 heavy (non-hydrogen) atoms. The Hall–Kier alpha value is -1.13. The predicted molar refractivity (Wildman–Crippen MR) is 68.6 cm³/mol. The van der Waals surface area contributed by atoms with Gasteiger partial charge in [-0.05, 0) is 38.1 Å². The van der Waals surface area contributed by atoms with Crippen LogP contribution in [0, 0.1) is 0 Å². The van der Waals surface area contributed by atoms with E-state index in [0.29, 0.717) is 11.8 Å². The van der Waals surface area contributed by atoms with Gasteiger partial charge in [-0.3, -0.25) is 0 Å². The van der Waals surface area contributed by atoms with E-state index in [1.165, 1.54) is 5.56 Å². The summed E-state index contributed by atoms with van der Waals surface area (Å²) >= 11 is 0. The van der Waals surface area contributed by atoms with Crippen molar-refractivity contribution in [1.29, 1.82) is 0 Å². The van der Waals surface area contributed by atoms with Gasteiger partial charge in [0.1, 0.15) is 0 Å². The summed E-state index contributed by atoms with van der Waals surface area (Å²) < 4.78 is 16.0. The third-order valence-corrected chi connectivity index (χ3v) is 2.75. The Morgan fingerprint density at radius 3 is 2.82 bits per heavy atom. The van der Waals surface area contributed by atoms with Crippen molar-refractivity contribution in [3.8, 4) is 17.2 Å². The molecule has 1 N–H and O–H groups in total. The molecule has 1 atom stereocenters. The van der Waals surface area contributed by atoms with Crippen molar-refractivity contribution in [2.24, 2.45) is 0 Å². The van der Waals surface area contributed by atoms with Gasteiger partial charge in [0.15, 0.2) is 11.5 Å². The number of halogens is 1. The van der Waals surface area contributed by atoms with E-state index in [1.54, 1.807) is 7.11 Å². The molecule has 0 saturated heterocycles. The number of methoxy groups -OCH3 is 1. The molecule has 1 unspecified atom stereocenters. The zero-order valence-electron chi connectivity index (χ0n) is 10.3. The molecule has 0 bridgehead atoms. The van der Waals surface area contributed by atoms with Crippen LogP contribution in [0.25, 0.3) is 0 Å². The van der Waals surface area contributed by atoms with Crippen LogP contribution in [-0.4, -0.2) is 27.0 Å². The Morgan fingerprint density at radius 2 is 2.18 bits per heavy atom. The molecule has 1 aliphatic heterocycles. The summed E-state index contributed by atoms with van der Waals surface area (Å²) in [7, 11) is 3.59. The van der Waals surface area contributed by atoms with E-state index in [4.69, 9.17) is 14.2 Å². The summed E-state index contributed by atoms with van der Waals surface area (Å²) in [6.45, 7) is 2.41. The van der Waals surface area contributed by atoms with Crippen LogP contribution in [0.2, 0.25) is 0 Å². The fourth-order valence-corrected chi connectivity index (χ4v) is 1.76. The third-order valence-electron chi connectivity index (χ3n) is 2.75. The van der Waals surface area contributed by atoms with Gasteiger partial charge in [-0.25, -0.2) is 0 Å². The van der Waals surface area contributed by atoms with Crippen molar-refractivity contribution in [1.82, 2.24) is 5.32 Å². The van der Waals surface area contributed by atoms with Gasteiger partial charge < -0.3 is 19.5 Å². The van der Waals surface area contributed by atoms with Gasteiger partial charge in [0.2, 0.25) is 12.5 Å². The van der Waals surface area contributed by atoms with Gasteiger partial charge in [-0.15, -0.1) is 12.4 Å². The minimum atomic E-state index is 0. The number of nitrogens with one attached hydrogen (secondary N) is 1. The highest BCUT2D eigenvalue weighted by Crippen LogP contribution is 2.41. The van der Waals surface area contributed by atoms with Gasteiger partial charge in [-0.2, -0.15) is 0 Å². The second-order valence-electron chi connectivity index (χ2n) is 3.93. The van der Waals surface area contributed by atoms with E-state index in [1.807, 2.05) is 19.2 Å². The lowest BCUT2D eigenvalue weighted by Crippen LogP contribution is -2.23. The maximum Gasteiger partial charge on any atom is 0.231 e. The summed E-state index contributed by atoms with van der Waals surface area (Å²) in [5.41, 5.74) is 1.18. The lowest BCUT2D eigenvalue weighted by molar-refractivity contribution is 0.171. The van der Waals surface area contributed by atoms with Crippen molar-refractivity contribution in [3.05, 3.63) is 17.7 Å². The lowest BCUT2D eigenvalue weighted by Gasteiger charge is -2.12. The normalized spacial score (nSPS) is 14.1. The van der Waals surface area contributed by atoms with Crippen LogP contribution < -0.4 is 19.5 Å². The maximum absolute atomic E-state index is 5.37. The van der Waals surface area contributed by atoms with Gasteiger partial charge in [0, 0.05) is 6.04 Å². The molecular weight excluding hydrogens is 242 g/mol. The van der Waals surface area contributed by atoms with E-state index in [0.717, 1.165) is 17.9 Å². The first-order chi connectivity index (χ1) is 7.74. The Morgan fingerprint density at radius 1 is 1.41 bits per heavy atom. The Bertz CT molecular complexity index is 384. The molecule has 1 aromatic rings. The van der Waals surface area contributed by atoms with Crippen LogP contribution in [0.15, 0.2) is 12.1 Å². The zero-order valence-corrected chi connectivity index (χ0v) is 11.1. The smallest absolute Gasteiger partial charge is 0.231 e. The van der Waals surface area contributed by atoms with Crippen molar-refractivity contribution >= 4 is 12.4 Å². The van der Waals surface area contributed by atoms with E-state index < -0.39 is 0 Å². The van der Waals surface area contributed by atoms with Crippen molar-refractivity contribution in [2.45, 2.75) is 19.4 Å². The van der Waals surface area contributed by atoms with Crippen LogP contribution in [0.1, 0.15) is 12.5 Å². The average molecular weight is 260 g/mol. The summed E-state index contributed by atoms with van der Waals surface area (Å²) in [6.07, 6.45) is 0.934. The highest BCUT2D eigenvalue weighted by atomic mass is 35.5. The van der Waals surface area contributed by atoms with Crippen molar-refractivity contribution < 1.29 is 14.2 Å². The number of rotatable bonds is 4. The fourth-order valence-electron chi connectivity index (χ4n) is 1.76. The van der Waals surface area contributed by atoms with Gasteiger partial charge in [0.25, 0.3) is 0 Å². The minimum absolute atomic E-state index is 0. The van der Waals surface area contributed by atoms with Crippen LogP contribution >= 0.6 is 12.4 Å². The highest BCUT2D eigenvalue weighted by Gasteiger charge is 2.20. The van der Waals surface area contributed by atoms with Crippen molar-refractivity contribution in [2.75, 3.05) is 21.0 Å². The largest absolute Gasteiger partial charge is 0.493 e. The quantitative estimate of drug-likeness (QED) is 0.898. The number of hydrogen-bond donors (Lipinski definition) is 1. The molecule has 0 aromatic heterocycles. The first kappa shape index (κ1) is 13.9. The fraction of sp³-hybridized carbons (Fsp3) is 0.500. The number of likely N-dealkylation sites (N-methyl/N-ethyl adjacent to an activating group) is 1. The Kier molecular flexibility index (Phi) is 4.90. The second kappa shape index (κ2) is 5.98. The second-order valence-corrected chi connectivity index (χ2v) is 3.93. The summed E-state index contributed by atoms with van der Waals surface area (Å²) in [4.78, 5) is 0. The molecule has 0 saturated carbocycles. The van der Waals surface area contributed by atoms with E-state index in [9.17, 15) is 0 Å². The summed E-state index contributed by atoms with van der Waals surface area (Å²) in [5.74, 6) is 2.23. The topological polar surface area (TPSA) is 39.7 Å². The van der Waals surface area contributed by atoms with Crippen LogP contribution in [0.3, 0.4) is 0 Å². The molecule has 0 spiro atoms. The van der Waals surface area contributed by atoms with Crippen LogP contribution in [-0.2, 0) is 6.42 Å². The number of hydrogen-bond acceptors (Lipinski definition) is 4. The lowest BCUT2D eigenvalue weighted by atomic mass is 10.1. The maximum atomic E-state index is 5.37. The average Bonchev–Trinajstić information content (AvgIpc) is 2.75. The molecule has 5 heteroatoms. The van der Waals surface area contributed by atoms with E-state index in [-0.39, 0.29) is 19.2 Å². The van der Waals surface area contributed by atoms with Crippen LogP contribution in [0.4, 0.5) is 0 Å². The highest BCUT2D eigenvalue weighted by molar-refractivity contribution is 5.85. The minimum Gasteiger partial charge on any atom is -0.493 e. The number of benzene rings is 1. The van der Waals surface area contributed by atoms with E-state index in [2.05, 4.69) is 12.2 Å². The van der Waals surface area contributed by atoms with Gasteiger partial charge in [-0.1, -0.05) is 0 Å². The standard InChI is InChI=1S/C12H17NO3.ClH/c1-8(13-2)4-9-5-10(14-3)12-11(6-9)15-7-16-12;/h5-6,8,13H,4,7H2,1-3H3;1H. The molecule has 2 rings (SSSR count). The SMILES string of the molecule is CNC(C)Cc1cc(OC)c2c(c1)OCO2.Cl. The Labute approximate surface area is 108 Å². The Balaban J connectivity index is 0.00000144. The number of ether oxygens (including phenoxy) is 3. The molecule has 4 nitrogen and oxygen atoms in total. The molecule has 1 heterocycles. The first-order valence-corrected chi connectivity index (χ1v) is 5.38. The molecule has 0 radical (unpaired) electrons. The number of fused-ring (bicyclic) bond motifs is 1. The molecule has 0 amide bonds. The first-order valence-electron chi connectivity index (χ1n) is 5.38. The van der Waals surface area contributed by atoms with Gasteiger partial charge in [0.05, 0.1) is 7.11 Å².